The van der Waals surface area contributed by atoms with Crippen molar-refractivity contribution in [2.45, 2.75) is 13.5 Å². The molecule has 0 radical (unpaired) electrons. The van der Waals surface area contributed by atoms with Gasteiger partial charge in [-0.2, -0.15) is 0 Å². The molecule has 1 rings (SSSR count). The summed E-state index contributed by atoms with van der Waals surface area (Å²) in [6, 6.07) is 3.85. The SMILES string of the molecule is CCOCc1ncccc1Br. The molecule has 0 aliphatic rings. The van der Waals surface area contributed by atoms with E-state index in [-0.39, 0.29) is 0 Å². The van der Waals surface area contributed by atoms with E-state index in [1.54, 1.807) is 6.20 Å². The fourth-order valence-electron chi connectivity index (χ4n) is 0.723. The summed E-state index contributed by atoms with van der Waals surface area (Å²) in [4.78, 5) is 4.14. The summed E-state index contributed by atoms with van der Waals surface area (Å²) >= 11 is 3.38. The van der Waals surface area contributed by atoms with Crippen LogP contribution in [-0.2, 0) is 11.3 Å². The second kappa shape index (κ2) is 4.46. The van der Waals surface area contributed by atoms with Crippen LogP contribution in [0.5, 0.6) is 0 Å². The summed E-state index contributed by atoms with van der Waals surface area (Å²) in [5.74, 6) is 0. The third-order valence-corrected chi connectivity index (χ3v) is 2.00. The van der Waals surface area contributed by atoms with Gasteiger partial charge in [-0.1, -0.05) is 0 Å². The van der Waals surface area contributed by atoms with Crippen molar-refractivity contribution in [3.63, 3.8) is 0 Å². The van der Waals surface area contributed by atoms with Gasteiger partial charge in [-0.25, -0.2) is 0 Å². The number of ether oxygens (including phenoxy) is 1. The van der Waals surface area contributed by atoms with Gasteiger partial charge in [-0.05, 0) is 35.0 Å². The Balaban J connectivity index is 2.62. The Morgan fingerprint density at radius 1 is 1.64 bits per heavy atom. The average molecular weight is 216 g/mol. The van der Waals surface area contributed by atoms with Crippen LogP contribution < -0.4 is 0 Å². The zero-order valence-electron chi connectivity index (χ0n) is 6.38. The lowest BCUT2D eigenvalue weighted by Gasteiger charge is -2.01. The highest BCUT2D eigenvalue weighted by molar-refractivity contribution is 9.10. The summed E-state index contributed by atoms with van der Waals surface area (Å²) in [5.41, 5.74) is 0.953. The number of hydrogen-bond donors (Lipinski definition) is 0. The van der Waals surface area contributed by atoms with Crippen molar-refractivity contribution in [2.75, 3.05) is 6.61 Å². The predicted octanol–water partition coefficient (Wildman–Crippen LogP) is 2.38. The van der Waals surface area contributed by atoms with Crippen molar-refractivity contribution < 1.29 is 4.74 Å². The lowest BCUT2D eigenvalue weighted by atomic mass is 10.4. The van der Waals surface area contributed by atoms with E-state index < -0.39 is 0 Å². The summed E-state index contributed by atoms with van der Waals surface area (Å²) in [7, 11) is 0. The van der Waals surface area contributed by atoms with E-state index in [4.69, 9.17) is 4.74 Å². The molecule has 0 fully saturated rings. The predicted molar refractivity (Wildman–Crippen MR) is 47.3 cm³/mol. The van der Waals surface area contributed by atoms with Gasteiger partial charge in [0.2, 0.25) is 0 Å². The molecular formula is C8H10BrNO. The Labute approximate surface area is 74.7 Å². The van der Waals surface area contributed by atoms with Gasteiger partial charge in [0.25, 0.3) is 0 Å². The summed E-state index contributed by atoms with van der Waals surface area (Å²) < 4.78 is 6.22. The number of rotatable bonds is 3. The van der Waals surface area contributed by atoms with Crippen LogP contribution in [0, 0.1) is 0 Å². The molecule has 0 unspecified atom stereocenters. The Kier molecular flexibility index (Phi) is 3.52. The molecule has 3 heteroatoms. The Morgan fingerprint density at radius 2 is 2.45 bits per heavy atom. The second-order valence-electron chi connectivity index (χ2n) is 2.07. The highest BCUT2D eigenvalue weighted by Crippen LogP contribution is 2.13. The summed E-state index contributed by atoms with van der Waals surface area (Å²) in [6.07, 6.45) is 1.76. The van der Waals surface area contributed by atoms with E-state index in [9.17, 15) is 0 Å². The first-order valence-electron chi connectivity index (χ1n) is 3.51. The van der Waals surface area contributed by atoms with Crippen LogP contribution in [0.3, 0.4) is 0 Å². The van der Waals surface area contributed by atoms with Crippen LogP contribution in [0.2, 0.25) is 0 Å². The lowest BCUT2D eigenvalue weighted by molar-refractivity contribution is 0.131. The maximum atomic E-state index is 5.21. The molecule has 0 atom stereocenters. The van der Waals surface area contributed by atoms with Crippen LogP contribution in [0.25, 0.3) is 0 Å². The minimum Gasteiger partial charge on any atom is -0.375 e. The molecule has 0 saturated heterocycles. The molecule has 11 heavy (non-hydrogen) atoms. The molecule has 0 aliphatic heterocycles. The van der Waals surface area contributed by atoms with Crippen molar-refractivity contribution in [1.29, 1.82) is 0 Å². The molecule has 60 valence electrons. The maximum absolute atomic E-state index is 5.21. The van der Waals surface area contributed by atoms with E-state index in [1.807, 2.05) is 19.1 Å². The van der Waals surface area contributed by atoms with Crippen molar-refractivity contribution in [3.05, 3.63) is 28.5 Å². The number of hydrogen-bond acceptors (Lipinski definition) is 2. The van der Waals surface area contributed by atoms with Gasteiger partial charge in [0.05, 0.1) is 12.3 Å². The van der Waals surface area contributed by atoms with Gasteiger partial charge in [-0.15, -0.1) is 0 Å². The number of halogens is 1. The average Bonchev–Trinajstić information content (AvgIpc) is 2.03. The monoisotopic (exact) mass is 215 g/mol. The van der Waals surface area contributed by atoms with E-state index in [0.717, 1.165) is 16.8 Å². The lowest BCUT2D eigenvalue weighted by Crippen LogP contribution is -1.95. The minimum absolute atomic E-state index is 0.581. The number of aromatic nitrogens is 1. The Morgan fingerprint density at radius 3 is 3.09 bits per heavy atom. The number of nitrogens with zero attached hydrogens (tertiary/aromatic N) is 1. The van der Waals surface area contributed by atoms with E-state index >= 15 is 0 Å². The summed E-state index contributed by atoms with van der Waals surface area (Å²) in [6.45, 7) is 3.28. The van der Waals surface area contributed by atoms with Crippen LogP contribution in [-0.4, -0.2) is 11.6 Å². The van der Waals surface area contributed by atoms with E-state index in [2.05, 4.69) is 20.9 Å². The smallest absolute Gasteiger partial charge is 0.0899 e. The zero-order chi connectivity index (χ0) is 8.10. The van der Waals surface area contributed by atoms with Gasteiger partial charge in [0.1, 0.15) is 0 Å². The van der Waals surface area contributed by atoms with Gasteiger partial charge < -0.3 is 4.74 Å². The molecule has 0 saturated carbocycles. The van der Waals surface area contributed by atoms with Crippen LogP contribution in [0.4, 0.5) is 0 Å². The topological polar surface area (TPSA) is 22.1 Å². The quantitative estimate of drug-likeness (QED) is 0.773. The van der Waals surface area contributed by atoms with Crippen molar-refractivity contribution in [3.8, 4) is 0 Å². The highest BCUT2D eigenvalue weighted by Gasteiger charge is 1.97. The fourth-order valence-corrected chi connectivity index (χ4v) is 1.09. The van der Waals surface area contributed by atoms with Gasteiger partial charge >= 0.3 is 0 Å². The molecule has 1 aromatic heterocycles. The molecule has 0 amide bonds. The molecule has 0 aromatic carbocycles. The first-order valence-corrected chi connectivity index (χ1v) is 4.31. The van der Waals surface area contributed by atoms with Gasteiger partial charge in [0, 0.05) is 17.3 Å². The van der Waals surface area contributed by atoms with Crippen LogP contribution >= 0.6 is 15.9 Å². The minimum atomic E-state index is 0.581. The first-order chi connectivity index (χ1) is 5.34. The molecule has 2 nitrogen and oxygen atoms in total. The molecule has 1 aromatic rings. The standard InChI is InChI=1S/C8H10BrNO/c1-2-11-6-8-7(9)4-3-5-10-8/h3-5H,2,6H2,1H3. The normalized spacial score (nSPS) is 10.0. The third-order valence-electron chi connectivity index (χ3n) is 1.28. The van der Waals surface area contributed by atoms with E-state index in [0.29, 0.717) is 6.61 Å². The molecule has 1 heterocycles. The van der Waals surface area contributed by atoms with Crippen LogP contribution in [0.15, 0.2) is 22.8 Å². The van der Waals surface area contributed by atoms with Gasteiger partial charge in [0.15, 0.2) is 0 Å². The highest BCUT2D eigenvalue weighted by atomic mass is 79.9. The zero-order valence-corrected chi connectivity index (χ0v) is 7.97. The first kappa shape index (κ1) is 8.68. The summed E-state index contributed by atoms with van der Waals surface area (Å²) in [5, 5.41) is 0. The largest absolute Gasteiger partial charge is 0.375 e. The Bertz CT molecular complexity index is 227. The van der Waals surface area contributed by atoms with Crippen LogP contribution in [0.1, 0.15) is 12.6 Å². The molecular weight excluding hydrogens is 206 g/mol. The van der Waals surface area contributed by atoms with Crippen molar-refractivity contribution >= 4 is 15.9 Å². The Hall–Kier alpha value is -0.410. The van der Waals surface area contributed by atoms with E-state index in [1.165, 1.54) is 0 Å². The molecule has 0 aliphatic carbocycles. The fraction of sp³-hybridized carbons (Fsp3) is 0.375. The second-order valence-corrected chi connectivity index (χ2v) is 2.92. The van der Waals surface area contributed by atoms with Gasteiger partial charge in [-0.3, -0.25) is 4.98 Å². The molecule has 0 N–H and O–H groups in total. The number of pyridine rings is 1. The third kappa shape index (κ3) is 2.60. The van der Waals surface area contributed by atoms with Crippen molar-refractivity contribution in [1.82, 2.24) is 4.98 Å². The molecule has 0 bridgehead atoms. The molecule has 0 spiro atoms. The van der Waals surface area contributed by atoms with Crippen molar-refractivity contribution in [2.24, 2.45) is 0 Å². The maximum Gasteiger partial charge on any atom is 0.0899 e.